The van der Waals surface area contributed by atoms with Crippen LogP contribution in [0.4, 0.5) is 5.82 Å². The maximum Gasteiger partial charge on any atom is 0.329 e. The van der Waals surface area contributed by atoms with Crippen LogP contribution in [0.25, 0.3) is 0 Å². The fraction of sp³-hybridized carbons (Fsp3) is 0.417. The van der Waals surface area contributed by atoms with E-state index in [0.717, 1.165) is 0 Å². The van der Waals surface area contributed by atoms with Crippen LogP contribution in [0.2, 0.25) is 10.0 Å². The van der Waals surface area contributed by atoms with Gasteiger partial charge < -0.3 is 20.1 Å². The number of benzene rings is 1. The second-order valence-corrected chi connectivity index (χ2v) is 11.5. The summed E-state index contributed by atoms with van der Waals surface area (Å²) in [4.78, 5) is 42.0. The number of aryl methyl sites for hydroxylation is 1. The molecule has 1 saturated heterocycles. The molecule has 2 amide bonds. The van der Waals surface area contributed by atoms with Gasteiger partial charge >= 0.3 is 5.97 Å². The number of hydrogen-bond donors (Lipinski definition) is 2. The highest BCUT2D eigenvalue weighted by molar-refractivity contribution is 7.89. The molecule has 1 aromatic carbocycles. The highest BCUT2D eigenvalue weighted by Crippen LogP contribution is 2.25. The van der Waals surface area contributed by atoms with Gasteiger partial charge in [0.2, 0.25) is 10.0 Å². The molecule has 1 unspecified atom stereocenters. The first-order valence-corrected chi connectivity index (χ1v) is 13.9. The van der Waals surface area contributed by atoms with Crippen LogP contribution in [-0.4, -0.2) is 74.4 Å². The third-order valence-electron chi connectivity index (χ3n) is 5.62. The van der Waals surface area contributed by atoms with E-state index in [1.165, 1.54) is 34.6 Å². The van der Waals surface area contributed by atoms with E-state index in [-0.39, 0.29) is 34.4 Å². The van der Waals surface area contributed by atoms with Gasteiger partial charge in [0.25, 0.3) is 11.8 Å². The molecule has 2 aromatic rings. The van der Waals surface area contributed by atoms with Gasteiger partial charge in [-0.15, -0.1) is 0 Å². The van der Waals surface area contributed by atoms with Crippen molar-refractivity contribution in [1.82, 2.24) is 14.6 Å². The first kappa shape index (κ1) is 29.8. The van der Waals surface area contributed by atoms with E-state index in [4.69, 9.17) is 32.7 Å². The van der Waals surface area contributed by atoms with Crippen LogP contribution in [0.1, 0.15) is 29.9 Å². The Morgan fingerprint density at radius 1 is 1.13 bits per heavy atom. The molecule has 0 radical (unpaired) electrons. The molecule has 0 spiro atoms. The number of ether oxygens (including phenoxy) is 2. The van der Waals surface area contributed by atoms with Gasteiger partial charge in [0, 0.05) is 18.7 Å². The molecule has 2 heterocycles. The van der Waals surface area contributed by atoms with E-state index in [1.54, 1.807) is 20.8 Å². The molecule has 1 aliphatic heterocycles. The van der Waals surface area contributed by atoms with E-state index >= 15 is 0 Å². The zero-order valence-corrected chi connectivity index (χ0v) is 23.3. The van der Waals surface area contributed by atoms with Gasteiger partial charge in [-0.2, -0.15) is 4.31 Å². The smallest absolute Gasteiger partial charge is 0.329 e. The largest absolute Gasteiger partial charge is 0.454 e. The lowest BCUT2D eigenvalue weighted by molar-refractivity contribution is -0.150. The number of nitrogens with zero attached hydrogens (tertiary/aromatic N) is 2. The number of halogens is 2. The zero-order chi connectivity index (χ0) is 28.0. The van der Waals surface area contributed by atoms with Gasteiger partial charge in [-0.05, 0) is 37.1 Å². The topological polar surface area (TPSA) is 144 Å². The summed E-state index contributed by atoms with van der Waals surface area (Å²) < 4.78 is 37.5. The Balaban J connectivity index is 1.64. The number of hydrogen-bond acceptors (Lipinski definition) is 8. The number of rotatable bonds is 9. The van der Waals surface area contributed by atoms with Gasteiger partial charge in [-0.3, -0.25) is 9.59 Å². The Bertz CT molecular complexity index is 1310. The van der Waals surface area contributed by atoms with Crippen molar-refractivity contribution in [3.05, 3.63) is 51.6 Å². The second kappa shape index (κ2) is 12.9. The lowest BCUT2D eigenvalue weighted by atomic mass is 10.0. The lowest BCUT2D eigenvalue weighted by Gasteiger charge is -2.26. The fourth-order valence-corrected chi connectivity index (χ4v) is 5.36. The molecule has 1 fully saturated rings. The van der Waals surface area contributed by atoms with Crippen molar-refractivity contribution < 1.29 is 32.3 Å². The monoisotopic (exact) mass is 586 g/mol. The quantitative estimate of drug-likeness (QED) is 0.427. The molecule has 38 heavy (non-hydrogen) atoms. The predicted octanol–water partition coefficient (Wildman–Crippen LogP) is 2.65. The van der Waals surface area contributed by atoms with E-state index in [1.807, 2.05) is 0 Å². The number of aromatic nitrogens is 1. The minimum atomic E-state index is -3.82. The van der Waals surface area contributed by atoms with Crippen LogP contribution in [0, 0.1) is 12.8 Å². The molecule has 1 atom stereocenters. The third kappa shape index (κ3) is 7.41. The first-order chi connectivity index (χ1) is 17.9. The van der Waals surface area contributed by atoms with Crippen molar-refractivity contribution in [2.75, 3.05) is 38.2 Å². The Labute approximate surface area is 230 Å². The summed E-state index contributed by atoms with van der Waals surface area (Å²) >= 11 is 12.0. The number of nitrogens with one attached hydrogen (secondary N) is 2. The number of pyridine rings is 1. The van der Waals surface area contributed by atoms with Gasteiger partial charge in [0.05, 0.1) is 33.8 Å². The average Bonchev–Trinajstić information content (AvgIpc) is 2.89. The molecule has 14 heteroatoms. The Morgan fingerprint density at radius 3 is 2.47 bits per heavy atom. The summed E-state index contributed by atoms with van der Waals surface area (Å²) in [5, 5.41) is 5.46. The van der Waals surface area contributed by atoms with Crippen LogP contribution in [0.15, 0.2) is 35.2 Å². The second-order valence-electron chi connectivity index (χ2n) is 8.78. The molecule has 0 aliphatic carbocycles. The average molecular weight is 587 g/mol. The van der Waals surface area contributed by atoms with Crippen LogP contribution in [0.3, 0.4) is 0 Å². The summed E-state index contributed by atoms with van der Waals surface area (Å²) in [5.41, 5.74) is 0.502. The standard InChI is InChI=1S/C24H28Cl2N4O7S/c1-14(2)21(24(33)37-13-20(31)28-22-19(26)12-18(25)15(3)27-22)29-23(32)16-5-4-6-17(11-16)38(34,35)30-7-9-36-10-8-30/h4-6,11-12,14,21H,7-10,13H2,1-3H3,(H,29,32)(H,27,28,31). The summed E-state index contributed by atoms with van der Waals surface area (Å²) in [7, 11) is -3.82. The molecular weight excluding hydrogens is 559 g/mol. The van der Waals surface area contributed by atoms with Gasteiger partial charge in [-0.25, -0.2) is 18.2 Å². The van der Waals surface area contributed by atoms with Crippen LogP contribution in [-0.2, 0) is 29.1 Å². The van der Waals surface area contributed by atoms with Crippen molar-refractivity contribution in [1.29, 1.82) is 0 Å². The van der Waals surface area contributed by atoms with Crippen molar-refractivity contribution in [2.24, 2.45) is 5.92 Å². The Kier molecular flexibility index (Phi) is 10.1. The number of sulfonamides is 1. The van der Waals surface area contributed by atoms with Gasteiger partial charge in [-0.1, -0.05) is 43.1 Å². The minimum absolute atomic E-state index is 0.0444. The molecule has 11 nitrogen and oxygen atoms in total. The van der Waals surface area contributed by atoms with E-state index < -0.39 is 46.4 Å². The molecule has 3 rings (SSSR count). The number of anilines is 1. The minimum Gasteiger partial charge on any atom is -0.454 e. The lowest BCUT2D eigenvalue weighted by Crippen LogP contribution is -2.46. The molecule has 1 aromatic heterocycles. The Morgan fingerprint density at radius 2 is 1.82 bits per heavy atom. The van der Waals surface area contributed by atoms with Gasteiger partial charge in [0.15, 0.2) is 12.4 Å². The van der Waals surface area contributed by atoms with Crippen LogP contribution in [0.5, 0.6) is 0 Å². The maximum absolute atomic E-state index is 12.9. The van der Waals surface area contributed by atoms with Crippen molar-refractivity contribution in [2.45, 2.75) is 31.7 Å². The van der Waals surface area contributed by atoms with Crippen molar-refractivity contribution in [3.8, 4) is 0 Å². The SMILES string of the molecule is Cc1nc(NC(=O)COC(=O)C(NC(=O)c2cccc(S(=O)(=O)N3CCOCC3)c2)C(C)C)c(Cl)cc1Cl. The number of amides is 2. The molecule has 206 valence electrons. The van der Waals surface area contributed by atoms with E-state index in [9.17, 15) is 22.8 Å². The maximum atomic E-state index is 12.9. The van der Waals surface area contributed by atoms with Crippen LogP contribution >= 0.6 is 23.2 Å². The van der Waals surface area contributed by atoms with Crippen molar-refractivity contribution >= 4 is 56.8 Å². The molecule has 0 saturated carbocycles. The molecule has 1 aliphatic rings. The van der Waals surface area contributed by atoms with Crippen molar-refractivity contribution in [3.63, 3.8) is 0 Å². The summed E-state index contributed by atoms with van der Waals surface area (Å²) in [6.07, 6.45) is 0. The molecular formula is C24H28Cl2N4O7S. The fourth-order valence-electron chi connectivity index (χ4n) is 3.50. The number of carbonyl (C=O) groups excluding carboxylic acids is 3. The number of morpholine rings is 1. The highest BCUT2D eigenvalue weighted by Gasteiger charge is 2.29. The van der Waals surface area contributed by atoms with E-state index in [0.29, 0.717) is 23.9 Å². The number of carbonyl (C=O) groups is 3. The third-order valence-corrected chi connectivity index (χ3v) is 8.18. The van der Waals surface area contributed by atoms with Gasteiger partial charge in [0.1, 0.15) is 6.04 Å². The normalized spacial score (nSPS) is 15.1. The highest BCUT2D eigenvalue weighted by atomic mass is 35.5. The summed E-state index contributed by atoms with van der Waals surface area (Å²) in [5.74, 6) is -2.53. The molecule has 0 bridgehead atoms. The molecule has 2 N–H and O–H groups in total. The summed E-state index contributed by atoms with van der Waals surface area (Å²) in [6, 6.07) is 5.87. The van der Waals surface area contributed by atoms with E-state index in [2.05, 4.69) is 15.6 Å². The van der Waals surface area contributed by atoms with Crippen LogP contribution < -0.4 is 10.6 Å². The predicted molar refractivity (Wildman–Crippen MR) is 141 cm³/mol. The number of esters is 1. The summed E-state index contributed by atoms with van der Waals surface area (Å²) in [6.45, 7) is 5.37. The Hall–Kier alpha value is -2.77. The zero-order valence-electron chi connectivity index (χ0n) is 21.0. The first-order valence-electron chi connectivity index (χ1n) is 11.7.